The van der Waals surface area contributed by atoms with Crippen molar-refractivity contribution in [2.24, 2.45) is 0 Å². The molecule has 16 heavy (non-hydrogen) atoms. The number of halogens is 2. The number of benzene rings is 1. The van der Waals surface area contributed by atoms with Crippen LogP contribution in [0.25, 0.3) is 0 Å². The Morgan fingerprint density at radius 3 is 2.62 bits per heavy atom. The fraction of sp³-hybridized carbons (Fsp3) is 0.400. The van der Waals surface area contributed by atoms with Crippen molar-refractivity contribution in [3.8, 4) is 5.75 Å². The monoisotopic (exact) mass is 282 g/mol. The quantitative estimate of drug-likeness (QED) is 0.616. The zero-order chi connectivity index (χ0) is 12.2. The van der Waals surface area contributed by atoms with Crippen molar-refractivity contribution in [3.05, 3.63) is 28.8 Å². The lowest BCUT2D eigenvalue weighted by Gasteiger charge is -2.07. The van der Waals surface area contributed by atoms with Gasteiger partial charge in [0.25, 0.3) is 0 Å². The van der Waals surface area contributed by atoms with E-state index in [1.807, 2.05) is 13.0 Å². The SMILES string of the molecule is Cc1ccc(OCCCS(=O)(=O)Cl)c(Cl)c1. The van der Waals surface area contributed by atoms with E-state index in [9.17, 15) is 8.42 Å². The van der Waals surface area contributed by atoms with Crippen LogP contribution in [0.2, 0.25) is 5.02 Å². The predicted molar refractivity (Wildman–Crippen MR) is 65.9 cm³/mol. The molecule has 6 heteroatoms. The topological polar surface area (TPSA) is 43.4 Å². The van der Waals surface area contributed by atoms with Crippen molar-refractivity contribution in [2.75, 3.05) is 12.4 Å². The van der Waals surface area contributed by atoms with Gasteiger partial charge in [0.2, 0.25) is 9.05 Å². The Morgan fingerprint density at radius 1 is 1.38 bits per heavy atom. The fourth-order valence-corrected chi connectivity index (χ4v) is 2.22. The highest BCUT2D eigenvalue weighted by Crippen LogP contribution is 2.25. The van der Waals surface area contributed by atoms with Gasteiger partial charge in [0.05, 0.1) is 17.4 Å². The van der Waals surface area contributed by atoms with Gasteiger partial charge in [-0.3, -0.25) is 0 Å². The highest BCUT2D eigenvalue weighted by atomic mass is 35.7. The summed E-state index contributed by atoms with van der Waals surface area (Å²) >= 11 is 5.93. The van der Waals surface area contributed by atoms with Crippen LogP contribution < -0.4 is 4.74 Å². The summed E-state index contributed by atoms with van der Waals surface area (Å²) in [5, 5.41) is 0.522. The predicted octanol–water partition coefficient (Wildman–Crippen LogP) is 2.99. The Morgan fingerprint density at radius 2 is 2.06 bits per heavy atom. The molecule has 0 radical (unpaired) electrons. The second-order valence-corrected chi connectivity index (χ2v) is 6.68. The average molecular weight is 283 g/mol. The first-order valence-electron chi connectivity index (χ1n) is 4.70. The van der Waals surface area contributed by atoms with Crippen LogP contribution in [0, 0.1) is 6.92 Å². The summed E-state index contributed by atoms with van der Waals surface area (Å²) in [7, 11) is 1.62. The van der Waals surface area contributed by atoms with E-state index < -0.39 is 9.05 Å². The Balaban J connectivity index is 2.43. The Hall–Kier alpha value is -0.450. The molecule has 0 amide bonds. The van der Waals surface area contributed by atoms with Crippen LogP contribution in [-0.2, 0) is 9.05 Å². The van der Waals surface area contributed by atoms with Crippen molar-refractivity contribution in [1.82, 2.24) is 0 Å². The van der Waals surface area contributed by atoms with Gasteiger partial charge in [-0.25, -0.2) is 8.42 Å². The second kappa shape index (κ2) is 5.75. The minimum Gasteiger partial charge on any atom is -0.492 e. The first kappa shape index (κ1) is 13.6. The van der Waals surface area contributed by atoms with Gasteiger partial charge in [0.1, 0.15) is 5.75 Å². The van der Waals surface area contributed by atoms with E-state index in [4.69, 9.17) is 27.0 Å². The molecule has 0 spiro atoms. The third-order valence-corrected chi connectivity index (χ3v) is 3.41. The molecule has 3 nitrogen and oxygen atoms in total. The fourth-order valence-electron chi connectivity index (χ4n) is 1.14. The van der Waals surface area contributed by atoms with Crippen LogP contribution in [0.1, 0.15) is 12.0 Å². The van der Waals surface area contributed by atoms with Gasteiger partial charge in [0.15, 0.2) is 0 Å². The standard InChI is InChI=1S/C10H12Cl2O3S/c1-8-3-4-10(9(11)7-8)15-5-2-6-16(12,13)14/h3-4,7H,2,5-6H2,1H3. The molecule has 0 unspecified atom stereocenters. The van der Waals surface area contributed by atoms with E-state index in [0.717, 1.165) is 5.56 Å². The average Bonchev–Trinajstić information content (AvgIpc) is 2.13. The third kappa shape index (κ3) is 5.05. The highest BCUT2D eigenvalue weighted by molar-refractivity contribution is 8.13. The van der Waals surface area contributed by atoms with Crippen LogP contribution in [0.3, 0.4) is 0 Å². The molecule has 0 aromatic heterocycles. The maximum atomic E-state index is 10.6. The molecule has 0 bridgehead atoms. The zero-order valence-corrected chi connectivity index (χ0v) is 11.1. The minimum atomic E-state index is -3.44. The molecule has 0 saturated heterocycles. The maximum absolute atomic E-state index is 10.6. The summed E-state index contributed by atoms with van der Waals surface area (Å²) in [6.07, 6.45) is 0.343. The van der Waals surface area contributed by atoms with Crippen molar-refractivity contribution in [3.63, 3.8) is 0 Å². The summed E-state index contributed by atoms with van der Waals surface area (Å²) in [5.41, 5.74) is 1.04. The number of ether oxygens (including phenoxy) is 1. The van der Waals surface area contributed by atoms with Gasteiger partial charge >= 0.3 is 0 Å². The molecule has 1 rings (SSSR count). The van der Waals surface area contributed by atoms with E-state index in [-0.39, 0.29) is 12.4 Å². The first-order valence-corrected chi connectivity index (χ1v) is 7.55. The van der Waals surface area contributed by atoms with E-state index in [2.05, 4.69) is 0 Å². The molecule has 0 aliphatic carbocycles. The van der Waals surface area contributed by atoms with E-state index in [1.54, 1.807) is 12.1 Å². The Bertz CT molecular complexity index is 457. The summed E-state index contributed by atoms with van der Waals surface area (Å²) in [5.74, 6) is 0.456. The molecule has 0 aliphatic rings. The van der Waals surface area contributed by atoms with Crippen molar-refractivity contribution in [2.45, 2.75) is 13.3 Å². The van der Waals surface area contributed by atoms with Crippen LogP contribution in [0.5, 0.6) is 5.75 Å². The summed E-state index contributed by atoms with van der Waals surface area (Å²) in [4.78, 5) is 0. The largest absolute Gasteiger partial charge is 0.492 e. The molecule has 0 heterocycles. The Kier molecular flexibility index (Phi) is 4.89. The van der Waals surface area contributed by atoms with Crippen molar-refractivity contribution in [1.29, 1.82) is 0 Å². The molecule has 0 atom stereocenters. The number of hydrogen-bond donors (Lipinski definition) is 0. The summed E-state index contributed by atoms with van der Waals surface area (Å²) in [6, 6.07) is 5.42. The zero-order valence-electron chi connectivity index (χ0n) is 8.74. The molecular formula is C10H12Cl2O3S. The second-order valence-electron chi connectivity index (χ2n) is 3.38. The van der Waals surface area contributed by atoms with E-state index in [1.165, 1.54) is 0 Å². The van der Waals surface area contributed by atoms with Gasteiger partial charge in [-0.05, 0) is 31.0 Å². The lowest BCUT2D eigenvalue weighted by atomic mass is 10.2. The van der Waals surface area contributed by atoms with Gasteiger partial charge < -0.3 is 4.74 Å². The smallest absolute Gasteiger partial charge is 0.232 e. The number of rotatable bonds is 5. The van der Waals surface area contributed by atoms with Crippen molar-refractivity contribution < 1.29 is 13.2 Å². The molecule has 90 valence electrons. The Labute approximate surface area is 105 Å². The molecule has 1 aromatic carbocycles. The summed E-state index contributed by atoms with van der Waals surface area (Å²) < 4.78 is 26.6. The van der Waals surface area contributed by atoms with Gasteiger partial charge in [-0.1, -0.05) is 17.7 Å². The van der Waals surface area contributed by atoms with Gasteiger partial charge in [-0.2, -0.15) is 0 Å². The highest BCUT2D eigenvalue weighted by Gasteiger charge is 2.06. The lowest BCUT2D eigenvalue weighted by Crippen LogP contribution is -2.05. The number of hydrogen-bond acceptors (Lipinski definition) is 3. The van der Waals surface area contributed by atoms with Crippen LogP contribution in [-0.4, -0.2) is 20.8 Å². The van der Waals surface area contributed by atoms with Gasteiger partial charge in [-0.15, -0.1) is 0 Å². The van der Waals surface area contributed by atoms with E-state index in [0.29, 0.717) is 17.2 Å². The minimum absolute atomic E-state index is 0.0992. The third-order valence-electron chi connectivity index (χ3n) is 1.88. The molecule has 0 N–H and O–H groups in total. The maximum Gasteiger partial charge on any atom is 0.232 e. The lowest BCUT2D eigenvalue weighted by molar-refractivity contribution is 0.318. The van der Waals surface area contributed by atoms with Crippen molar-refractivity contribution >= 4 is 31.3 Å². The van der Waals surface area contributed by atoms with E-state index >= 15 is 0 Å². The van der Waals surface area contributed by atoms with Gasteiger partial charge in [0, 0.05) is 10.7 Å². The molecular weight excluding hydrogens is 271 g/mol. The van der Waals surface area contributed by atoms with Crippen LogP contribution in [0.4, 0.5) is 0 Å². The molecule has 1 aromatic rings. The first-order chi connectivity index (χ1) is 7.38. The normalized spacial score (nSPS) is 11.4. The number of aryl methyl sites for hydroxylation is 1. The molecule has 0 aliphatic heterocycles. The molecule has 0 fully saturated rings. The molecule has 0 saturated carbocycles. The van der Waals surface area contributed by atoms with Crippen LogP contribution >= 0.6 is 22.3 Å². The van der Waals surface area contributed by atoms with Crippen LogP contribution in [0.15, 0.2) is 18.2 Å². The summed E-state index contributed by atoms with van der Waals surface area (Å²) in [6.45, 7) is 2.20.